The van der Waals surface area contributed by atoms with Crippen LogP contribution in [0.2, 0.25) is 0 Å². The van der Waals surface area contributed by atoms with E-state index in [1.165, 1.54) is 18.2 Å². The van der Waals surface area contributed by atoms with Gasteiger partial charge in [-0.25, -0.2) is 4.39 Å². The number of rotatable bonds is 2. The maximum absolute atomic E-state index is 13.6. The molecule has 0 unspecified atom stereocenters. The summed E-state index contributed by atoms with van der Waals surface area (Å²) in [6.45, 7) is 2.03. The van der Waals surface area contributed by atoms with E-state index >= 15 is 0 Å². The SMILES string of the molecule is CC1(c2noc(-c3c(O)cccc3F)n2)CC1. The molecule has 4 nitrogen and oxygen atoms in total. The molecule has 0 bridgehead atoms. The molecule has 1 aromatic heterocycles. The first kappa shape index (κ1) is 10.3. The Bertz CT molecular complexity index is 555. The van der Waals surface area contributed by atoms with Crippen molar-refractivity contribution in [3.63, 3.8) is 0 Å². The van der Waals surface area contributed by atoms with E-state index in [-0.39, 0.29) is 22.6 Å². The Morgan fingerprint density at radius 3 is 2.82 bits per heavy atom. The summed E-state index contributed by atoms with van der Waals surface area (Å²) in [5.74, 6) is -0.152. The number of hydrogen-bond acceptors (Lipinski definition) is 4. The van der Waals surface area contributed by atoms with Crippen LogP contribution < -0.4 is 0 Å². The van der Waals surface area contributed by atoms with Crippen molar-refractivity contribution in [1.82, 2.24) is 10.1 Å². The van der Waals surface area contributed by atoms with Crippen molar-refractivity contribution in [2.24, 2.45) is 0 Å². The van der Waals surface area contributed by atoms with Gasteiger partial charge in [-0.05, 0) is 25.0 Å². The molecule has 0 aliphatic heterocycles. The predicted molar refractivity (Wildman–Crippen MR) is 57.9 cm³/mol. The zero-order valence-electron chi connectivity index (χ0n) is 9.27. The highest BCUT2D eigenvalue weighted by molar-refractivity contribution is 5.62. The summed E-state index contributed by atoms with van der Waals surface area (Å²) < 4.78 is 18.6. The lowest BCUT2D eigenvalue weighted by atomic mass is 10.1. The van der Waals surface area contributed by atoms with Gasteiger partial charge in [-0.3, -0.25) is 0 Å². The van der Waals surface area contributed by atoms with E-state index in [4.69, 9.17) is 4.52 Å². The Morgan fingerprint density at radius 2 is 2.18 bits per heavy atom. The summed E-state index contributed by atoms with van der Waals surface area (Å²) in [6, 6.07) is 4.06. The van der Waals surface area contributed by atoms with E-state index in [1.54, 1.807) is 0 Å². The van der Waals surface area contributed by atoms with Gasteiger partial charge < -0.3 is 9.63 Å². The molecule has 2 aromatic rings. The molecule has 0 saturated heterocycles. The van der Waals surface area contributed by atoms with Gasteiger partial charge in [0.15, 0.2) is 5.82 Å². The summed E-state index contributed by atoms with van der Waals surface area (Å²) in [4.78, 5) is 4.16. The van der Waals surface area contributed by atoms with Crippen molar-refractivity contribution in [2.45, 2.75) is 25.2 Å². The fourth-order valence-corrected chi connectivity index (χ4v) is 1.71. The Morgan fingerprint density at radius 1 is 1.41 bits per heavy atom. The van der Waals surface area contributed by atoms with Gasteiger partial charge in [-0.2, -0.15) is 4.98 Å². The molecular weight excluding hydrogens is 223 g/mol. The number of aromatic hydroxyl groups is 1. The van der Waals surface area contributed by atoms with Crippen molar-refractivity contribution in [2.75, 3.05) is 0 Å². The van der Waals surface area contributed by atoms with Crippen LogP contribution in [0.5, 0.6) is 5.75 Å². The summed E-state index contributed by atoms with van der Waals surface area (Å²) in [7, 11) is 0. The van der Waals surface area contributed by atoms with E-state index in [2.05, 4.69) is 10.1 Å². The fraction of sp³-hybridized carbons (Fsp3) is 0.333. The van der Waals surface area contributed by atoms with E-state index in [1.807, 2.05) is 6.92 Å². The molecule has 0 radical (unpaired) electrons. The second-order valence-electron chi connectivity index (χ2n) is 4.62. The van der Waals surface area contributed by atoms with Gasteiger partial charge in [0, 0.05) is 5.41 Å². The Hall–Kier alpha value is -1.91. The summed E-state index contributed by atoms with van der Waals surface area (Å²) in [5.41, 5.74) is -0.0710. The number of phenols is 1. The highest BCUT2D eigenvalue weighted by Crippen LogP contribution is 2.46. The molecule has 1 saturated carbocycles. The van der Waals surface area contributed by atoms with Crippen LogP contribution in [0.4, 0.5) is 4.39 Å². The molecule has 0 amide bonds. The topological polar surface area (TPSA) is 59.2 Å². The lowest BCUT2D eigenvalue weighted by Gasteiger charge is -2.00. The molecule has 17 heavy (non-hydrogen) atoms. The normalized spacial score (nSPS) is 17.1. The van der Waals surface area contributed by atoms with Gasteiger partial charge in [0.2, 0.25) is 0 Å². The predicted octanol–water partition coefficient (Wildman–Crippen LogP) is 2.63. The zero-order chi connectivity index (χ0) is 12.0. The highest BCUT2D eigenvalue weighted by atomic mass is 19.1. The Labute approximate surface area is 97.1 Å². The smallest absolute Gasteiger partial charge is 0.264 e. The molecule has 1 heterocycles. The van der Waals surface area contributed by atoms with E-state index in [9.17, 15) is 9.50 Å². The standard InChI is InChI=1S/C12H11FN2O2/c1-12(5-6-12)11-14-10(17-15-11)9-7(13)3-2-4-8(9)16/h2-4,16H,5-6H2,1H3. The second-order valence-corrected chi connectivity index (χ2v) is 4.62. The molecule has 1 N–H and O–H groups in total. The van der Waals surface area contributed by atoms with Gasteiger partial charge in [-0.15, -0.1) is 0 Å². The van der Waals surface area contributed by atoms with Crippen molar-refractivity contribution < 1.29 is 14.0 Å². The minimum Gasteiger partial charge on any atom is -0.507 e. The Balaban J connectivity index is 2.07. The van der Waals surface area contributed by atoms with Crippen molar-refractivity contribution in [3.05, 3.63) is 29.8 Å². The molecule has 88 valence electrons. The first-order valence-corrected chi connectivity index (χ1v) is 5.42. The third-order valence-corrected chi connectivity index (χ3v) is 3.17. The van der Waals surface area contributed by atoms with E-state index in [0.717, 1.165) is 12.8 Å². The first-order chi connectivity index (χ1) is 8.10. The molecule has 1 fully saturated rings. The van der Waals surface area contributed by atoms with E-state index in [0.29, 0.717) is 5.82 Å². The molecule has 1 aromatic carbocycles. The molecular formula is C12H11FN2O2. The van der Waals surface area contributed by atoms with Crippen LogP contribution in [0, 0.1) is 5.82 Å². The molecule has 1 aliphatic carbocycles. The van der Waals surface area contributed by atoms with Crippen LogP contribution in [-0.2, 0) is 5.41 Å². The third-order valence-electron chi connectivity index (χ3n) is 3.17. The summed E-state index contributed by atoms with van der Waals surface area (Å²) in [6.07, 6.45) is 2.02. The number of halogens is 1. The number of phenolic OH excluding ortho intramolecular Hbond substituents is 1. The van der Waals surface area contributed by atoms with E-state index < -0.39 is 5.82 Å². The lowest BCUT2D eigenvalue weighted by Crippen LogP contribution is -2.01. The second kappa shape index (κ2) is 3.29. The molecule has 0 spiro atoms. The monoisotopic (exact) mass is 234 g/mol. The van der Waals surface area contributed by atoms with Gasteiger partial charge in [-0.1, -0.05) is 18.1 Å². The number of benzene rings is 1. The number of hydrogen-bond donors (Lipinski definition) is 1. The summed E-state index contributed by atoms with van der Waals surface area (Å²) >= 11 is 0. The van der Waals surface area contributed by atoms with Crippen LogP contribution in [0.1, 0.15) is 25.6 Å². The van der Waals surface area contributed by atoms with Crippen LogP contribution in [0.25, 0.3) is 11.5 Å². The molecule has 1 aliphatic rings. The van der Waals surface area contributed by atoms with Gasteiger partial charge in [0.1, 0.15) is 17.1 Å². The van der Waals surface area contributed by atoms with Crippen LogP contribution in [0.3, 0.4) is 0 Å². The zero-order valence-corrected chi connectivity index (χ0v) is 9.27. The largest absolute Gasteiger partial charge is 0.507 e. The summed E-state index contributed by atoms with van der Waals surface area (Å²) in [5, 5.41) is 13.4. The molecule has 3 rings (SSSR count). The maximum atomic E-state index is 13.6. The Kier molecular flexibility index (Phi) is 1.98. The highest BCUT2D eigenvalue weighted by Gasteiger charge is 2.43. The lowest BCUT2D eigenvalue weighted by molar-refractivity contribution is 0.408. The number of nitrogens with zero attached hydrogens (tertiary/aromatic N) is 2. The van der Waals surface area contributed by atoms with Crippen molar-refractivity contribution >= 4 is 0 Å². The van der Waals surface area contributed by atoms with Crippen LogP contribution in [0.15, 0.2) is 22.7 Å². The van der Waals surface area contributed by atoms with Crippen LogP contribution >= 0.6 is 0 Å². The third kappa shape index (κ3) is 1.58. The minimum atomic E-state index is -0.568. The average molecular weight is 234 g/mol. The van der Waals surface area contributed by atoms with Crippen LogP contribution in [-0.4, -0.2) is 15.2 Å². The first-order valence-electron chi connectivity index (χ1n) is 5.42. The number of aromatic nitrogens is 2. The van der Waals surface area contributed by atoms with Gasteiger partial charge in [0.25, 0.3) is 5.89 Å². The van der Waals surface area contributed by atoms with Gasteiger partial charge >= 0.3 is 0 Å². The minimum absolute atomic E-state index is 0.0312. The molecule has 0 atom stereocenters. The van der Waals surface area contributed by atoms with Gasteiger partial charge in [0.05, 0.1) is 0 Å². The van der Waals surface area contributed by atoms with Crippen molar-refractivity contribution in [3.8, 4) is 17.2 Å². The average Bonchev–Trinajstić information content (AvgIpc) is 2.86. The van der Waals surface area contributed by atoms with Crippen molar-refractivity contribution in [1.29, 1.82) is 0 Å². The molecule has 5 heteroatoms. The maximum Gasteiger partial charge on any atom is 0.264 e. The fourth-order valence-electron chi connectivity index (χ4n) is 1.71. The quantitative estimate of drug-likeness (QED) is 0.867.